The molecule has 0 atom stereocenters. The minimum atomic E-state index is 0.618. The van der Waals surface area contributed by atoms with Gasteiger partial charge in [-0.05, 0) is 83.9 Å². The van der Waals surface area contributed by atoms with E-state index in [0.717, 1.165) is 78.3 Å². The van der Waals surface area contributed by atoms with Crippen LogP contribution in [0.3, 0.4) is 0 Å². The molecule has 0 radical (unpaired) electrons. The molecule has 0 saturated carbocycles. The van der Waals surface area contributed by atoms with E-state index < -0.39 is 0 Å². The number of para-hydroxylation sites is 5. The topological polar surface area (TPSA) is 59.9 Å². The van der Waals surface area contributed by atoms with E-state index in [1.807, 2.05) is 18.2 Å². The van der Waals surface area contributed by atoms with Gasteiger partial charge in [0.05, 0.1) is 39.4 Å². The third-order valence-electron chi connectivity index (χ3n) is 11.4. The van der Waals surface area contributed by atoms with Gasteiger partial charge in [0.15, 0.2) is 5.58 Å². The van der Waals surface area contributed by atoms with Gasteiger partial charge in [0.2, 0.25) is 0 Å². The fourth-order valence-electron chi connectivity index (χ4n) is 8.96. The van der Waals surface area contributed by atoms with Gasteiger partial charge < -0.3 is 18.0 Å². The molecule has 0 aliphatic heterocycles. The summed E-state index contributed by atoms with van der Waals surface area (Å²) in [6.07, 6.45) is 0.729. The smallest absolute Gasteiger partial charge is 0.159 e. The molecule has 12 aromatic rings. The molecule has 0 unspecified atom stereocenters. The molecule has 55 heavy (non-hydrogen) atoms. The Hall–Kier alpha value is -7.55. The van der Waals surface area contributed by atoms with Gasteiger partial charge in [0.25, 0.3) is 0 Å². The van der Waals surface area contributed by atoms with Gasteiger partial charge in [-0.1, -0.05) is 91.0 Å². The maximum Gasteiger partial charge on any atom is 0.159 e. The second kappa shape index (κ2) is 11.2. The highest BCUT2D eigenvalue weighted by Gasteiger charge is 2.20. The number of rotatable bonds is 4. The molecule has 8 aromatic carbocycles. The number of nitriles is 1. The van der Waals surface area contributed by atoms with Gasteiger partial charge in [-0.15, -0.1) is 0 Å². The Kier molecular flexibility index (Phi) is 6.12. The largest absolute Gasteiger partial charge is 0.456 e. The maximum atomic E-state index is 9.56. The molecule has 5 heteroatoms. The van der Waals surface area contributed by atoms with Crippen LogP contribution in [-0.2, 0) is 6.42 Å². The molecule has 0 N–H and O–H groups in total. The van der Waals surface area contributed by atoms with Crippen LogP contribution in [0.25, 0.3) is 98.9 Å². The molecule has 4 heterocycles. The van der Waals surface area contributed by atoms with Crippen molar-refractivity contribution in [3.63, 3.8) is 0 Å². The summed E-state index contributed by atoms with van der Waals surface area (Å²) in [7, 11) is 0. The number of fused-ring (bicyclic) bond motifs is 12. The van der Waals surface area contributed by atoms with Crippen LogP contribution in [0.5, 0.6) is 0 Å². The predicted octanol–water partition coefficient (Wildman–Crippen LogP) is 13.1. The zero-order valence-corrected chi connectivity index (χ0v) is 29.5. The van der Waals surface area contributed by atoms with Crippen LogP contribution in [0.4, 0.5) is 0 Å². The van der Waals surface area contributed by atoms with Crippen molar-refractivity contribution in [3.8, 4) is 17.4 Å². The van der Waals surface area contributed by atoms with Crippen LogP contribution >= 0.6 is 0 Å². The molecule has 0 spiro atoms. The predicted molar refractivity (Wildman–Crippen MR) is 224 cm³/mol. The molecule has 0 aliphatic carbocycles. The van der Waals surface area contributed by atoms with Crippen molar-refractivity contribution < 1.29 is 8.83 Å². The molecular weight excluding hydrogens is 675 g/mol. The maximum absolute atomic E-state index is 9.56. The number of furan rings is 2. The summed E-state index contributed by atoms with van der Waals surface area (Å²) in [5.41, 5.74) is 13.0. The van der Waals surface area contributed by atoms with Crippen LogP contribution < -0.4 is 0 Å². The van der Waals surface area contributed by atoms with Crippen molar-refractivity contribution in [2.24, 2.45) is 0 Å². The quantitative estimate of drug-likeness (QED) is 0.183. The van der Waals surface area contributed by atoms with E-state index in [9.17, 15) is 5.26 Å². The third kappa shape index (κ3) is 4.28. The van der Waals surface area contributed by atoms with E-state index in [2.05, 4.69) is 161 Å². The van der Waals surface area contributed by atoms with Gasteiger partial charge in [-0.25, -0.2) is 0 Å². The van der Waals surface area contributed by atoms with Gasteiger partial charge in [0.1, 0.15) is 16.7 Å². The lowest BCUT2D eigenvalue weighted by Crippen LogP contribution is -1.95. The number of nitrogens with zero attached hydrogens (tertiary/aromatic N) is 3. The molecule has 4 aromatic heterocycles. The van der Waals surface area contributed by atoms with E-state index in [0.29, 0.717) is 5.56 Å². The summed E-state index contributed by atoms with van der Waals surface area (Å²) in [6, 6.07) is 59.8. The second-order valence-electron chi connectivity index (χ2n) is 14.4. The molecule has 0 amide bonds. The zero-order chi connectivity index (χ0) is 36.2. The number of hydrogen-bond donors (Lipinski definition) is 0. The van der Waals surface area contributed by atoms with Gasteiger partial charge >= 0.3 is 0 Å². The second-order valence-corrected chi connectivity index (χ2v) is 14.4. The van der Waals surface area contributed by atoms with E-state index in [1.54, 1.807) is 0 Å². The van der Waals surface area contributed by atoms with E-state index in [-0.39, 0.29) is 0 Å². The average Bonchev–Trinajstić information content (AvgIpc) is 3.98. The van der Waals surface area contributed by atoms with Crippen molar-refractivity contribution >= 4 is 87.5 Å². The highest BCUT2D eigenvalue weighted by atomic mass is 16.3. The highest BCUT2D eigenvalue weighted by Crippen LogP contribution is 2.40. The fraction of sp³-hybridized carbons (Fsp3) is 0.0200. The van der Waals surface area contributed by atoms with Crippen molar-refractivity contribution in [1.29, 1.82) is 5.26 Å². The first-order chi connectivity index (χ1) is 27.2. The average molecular weight is 704 g/mol. The SMILES string of the molecule is N#Cc1ccc2oc3c(-n4c5ccccc5c5cc(Cc6cccc7c6oc6ccc(-n8c9ccccc9c9ccccc98)cc67)ccc54)cccc3c2c1. The van der Waals surface area contributed by atoms with Gasteiger partial charge in [0, 0.05) is 55.2 Å². The zero-order valence-electron chi connectivity index (χ0n) is 29.5. The standard InChI is InChI=1S/C50H29N3O2/c51-29-31-20-23-47-40(27-31)38-14-8-18-46(50(38)55-47)53-44-17-6-3-12-36(44)39-26-30(19-22-45(39)53)25-32-9-7-13-37-41-28-33(21-24-48(41)54-49(32)37)52-42-15-4-1-10-34(42)35-11-2-5-16-43(35)52/h1-24,26-28H,25H2. The fourth-order valence-corrected chi connectivity index (χ4v) is 8.96. The van der Waals surface area contributed by atoms with Crippen LogP contribution in [0, 0.1) is 11.3 Å². The molecule has 12 rings (SSSR count). The minimum absolute atomic E-state index is 0.618. The minimum Gasteiger partial charge on any atom is -0.456 e. The molecule has 0 fully saturated rings. The van der Waals surface area contributed by atoms with Crippen LogP contribution in [-0.4, -0.2) is 9.13 Å². The summed E-state index contributed by atoms with van der Waals surface area (Å²) in [5, 5.41) is 18.6. The van der Waals surface area contributed by atoms with Crippen molar-refractivity contribution in [2.75, 3.05) is 0 Å². The normalized spacial score (nSPS) is 12.1. The Balaban J connectivity index is 0.982. The Morgan fingerprint density at radius 2 is 1.02 bits per heavy atom. The first-order valence-corrected chi connectivity index (χ1v) is 18.5. The summed E-state index contributed by atoms with van der Waals surface area (Å²) in [4.78, 5) is 0. The van der Waals surface area contributed by atoms with Gasteiger partial charge in [-0.2, -0.15) is 5.26 Å². The van der Waals surface area contributed by atoms with E-state index in [4.69, 9.17) is 8.83 Å². The molecule has 5 nitrogen and oxygen atoms in total. The first kappa shape index (κ1) is 30.0. The summed E-state index contributed by atoms with van der Waals surface area (Å²) >= 11 is 0. The van der Waals surface area contributed by atoms with Crippen molar-refractivity contribution in [2.45, 2.75) is 6.42 Å². The Morgan fingerprint density at radius 1 is 0.436 bits per heavy atom. The molecule has 0 bridgehead atoms. The number of benzene rings is 8. The molecular formula is C50H29N3O2. The Bertz CT molecular complexity index is 3550. The van der Waals surface area contributed by atoms with E-state index in [1.165, 1.54) is 38.1 Å². The summed E-state index contributed by atoms with van der Waals surface area (Å²) in [6.45, 7) is 0. The Labute approximate surface area is 314 Å². The molecule has 256 valence electrons. The lowest BCUT2D eigenvalue weighted by Gasteiger charge is -2.09. The highest BCUT2D eigenvalue weighted by molar-refractivity contribution is 6.14. The van der Waals surface area contributed by atoms with Gasteiger partial charge in [-0.3, -0.25) is 0 Å². The van der Waals surface area contributed by atoms with Crippen LogP contribution in [0.15, 0.2) is 173 Å². The first-order valence-electron chi connectivity index (χ1n) is 18.5. The summed E-state index contributed by atoms with van der Waals surface area (Å²) in [5.74, 6) is 0. The lowest BCUT2D eigenvalue weighted by atomic mass is 10.0. The molecule has 0 aliphatic rings. The van der Waals surface area contributed by atoms with E-state index >= 15 is 0 Å². The van der Waals surface area contributed by atoms with Crippen molar-refractivity contribution in [1.82, 2.24) is 9.13 Å². The molecule has 0 saturated heterocycles. The lowest BCUT2D eigenvalue weighted by molar-refractivity contribution is 0.664. The Morgan fingerprint density at radius 3 is 1.76 bits per heavy atom. The van der Waals surface area contributed by atoms with Crippen LogP contribution in [0.1, 0.15) is 16.7 Å². The van der Waals surface area contributed by atoms with Crippen LogP contribution in [0.2, 0.25) is 0 Å². The number of hydrogen-bond acceptors (Lipinski definition) is 3. The third-order valence-corrected chi connectivity index (χ3v) is 11.4. The monoisotopic (exact) mass is 703 g/mol. The summed E-state index contributed by atoms with van der Waals surface area (Å²) < 4.78 is 17.8. The van der Waals surface area contributed by atoms with Crippen molar-refractivity contribution in [3.05, 3.63) is 180 Å². The number of aromatic nitrogens is 2.